The number of hydrogen-bond acceptors (Lipinski definition) is 3. The number of fused-ring (bicyclic) bond motifs is 2. The summed E-state index contributed by atoms with van der Waals surface area (Å²) in [6, 6.07) is 17.8. The number of ether oxygens (including phenoxy) is 1. The predicted molar refractivity (Wildman–Crippen MR) is 97.7 cm³/mol. The van der Waals surface area contributed by atoms with Gasteiger partial charge in [-0.2, -0.15) is 0 Å². The number of rotatable bonds is 3. The molecule has 1 aliphatic carbocycles. The van der Waals surface area contributed by atoms with Crippen molar-refractivity contribution in [3.8, 4) is 0 Å². The first-order valence-electron chi connectivity index (χ1n) is 8.95. The molecule has 2 aromatic carbocycles. The first kappa shape index (κ1) is 16.3. The molecule has 2 aromatic rings. The van der Waals surface area contributed by atoms with Crippen LogP contribution in [-0.2, 0) is 10.2 Å². The molecular weight excluding hydrogens is 312 g/mol. The van der Waals surface area contributed by atoms with E-state index < -0.39 is 0 Å². The highest BCUT2D eigenvalue weighted by Crippen LogP contribution is 2.51. The van der Waals surface area contributed by atoms with Crippen molar-refractivity contribution >= 4 is 5.91 Å². The van der Waals surface area contributed by atoms with Crippen LogP contribution < -0.4 is 10.6 Å². The molecule has 1 aliphatic heterocycles. The van der Waals surface area contributed by atoms with Crippen LogP contribution in [0.4, 0.5) is 0 Å². The lowest BCUT2D eigenvalue weighted by Gasteiger charge is -2.40. The molecule has 2 atom stereocenters. The number of piperidine rings is 1. The molecule has 0 bridgehead atoms. The van der Waals surface area contributed by atoms with Gasteiger partial charge in [0.25, 0.3) is 5.91 Å². The number of methoxy groups -OCH3 is 1. The summed E-state index contributed by atoms with van der Waals surface area (Å²) < 4.78 is 5.99. The summed E-state index contributed by atoms with van der Waals surface area (Å²) in [5, 5.41) is 6.69. The highest BCUT2D eigenvalue weighted by atomic mass is 16.5. The molecule has 0 unspecified atom stereocenters. The Bertz CT molecular complexity index is 754. The first-order valence-corrected chi connectivity index (χ1v) is 8.95. The summed E-state index contributed by atoms with van der Waals surface area (Å²) in [4.78, 5) is 12.8. The third kappa shape index (κ3) is 2.66. The fourth-order valence-electron chi connectivity index (χ4n) is 4.61. The van der Waals surface area contributed by atoms with Gasteiger partial charge in [-0.3, -0.25) is 4.79 Å². The highest BCUT2D eigenvalue weighted by molar-refractivity contribution is 5.94. The van der Waals surface area contributed by atoms with Crippen LogP contribution >= 0.6 is 0 Å². The molecule has 1 amide bonds. The summed E-state index contributed by atoms with van der Waals surface area (Å²) in [6.45, 7) is 1.96. The average Bonchev–Trinajstić information content (AvgIpc) is 2.92. The maximum Gasteiger partial charge on any atom is 0.251 e. The molecule has 0 aromatic heterocycles. The molecule has 1 fully saturated rings. The molecule has 1 spiro atoms. The molecule has 2 N–H and O–H groups in total. The van der Waals surface area contributed by atoms with E-state index in [4.69, 9.17) is 4.74 Å². The molecule has 130 valence electrons. The summed E-state index contributed by atoms with van der Waals surface area (Å²) >= 11 is 0. The molecule has 1 heterocycles. The number of nitrogens with one attached hydrogen (secondary N) is 2. The number of carbonyl (C=O) groups is 1. The van der Waals surface area contributed by atoms with Crippen LogP contribution in [0.15, 0.2) is 54.6 Å². The van der Waals surface area contributed by atoms with Crippen molar-refractivity contribution in [1.29, 1.82) is 0 Å². The van der Waals surface area contributed by atoms with Crippen molar-refractivity contribution in [3.05, 3.63) is 71.3 Å². The lowest BCUT2D eigenvalue weighted by molar-refractivity contribution is 0.00397. The summed E-state index contributed by atoms with van der Waals surface area (Å²) in [6.07, 6.45) is 2.01. The zero-order chi connectivity index (χ0) is 17.3. The number of hydrogen-bond donors (Lipinski definition) is 2. The maximum atomic E-state index is 12.8. The standard InChI is InChI=1S/C21H24N2O2/c1-25-19-18(23-20(24)15-7-3-2-4-8-15)16-9-5-6-10-17(16)21(19)11-13-22-14-12-21/h2-10,18-19,22H,11-14H2,1H3,(H,23,24)/t18-,19+/m1/s1. The zero-order valence-corrected chi connectivity index (χ0v) is 14.5. The van der Waals surface area contributed by atoms with Gasteiger partial charge < -0.3 is 15.4 Å². The molecular formula is C21H24N2O2. The van der Waals surface area contributed by atoms with Gasteiger partial charge in [-0.1, -0.05) is 42.5 Å². The van der Waals surface area contributed by atoms with Gasteiger partial charge in [0.05, 0.1) is 12.1 Å². The molecule has 0 saturated carbocycles. The van der Waals surface area contributed by atoms with E-state index in [1.54, 1.807) is 7.11 Å². The van der Waals surface area contributed by atoms with Crippen LogP contribution in [0.25, 0.3) is 0 Å². The summed E-state index contributed by atoms with van der Waals surface area (Å²) in [5.74, 6) is -0.0477. The van der Waals surface area contributed by atoms with Gasteiger partial charge >= 0.3 is 0 Å². The van der Waals surface area contributed by atoms with Crippen LogP contribution in [0.5, 0.6) is 0 Å². The van der Waals surface area contributed by atoms with Gasteiger partial charge in [0.1, 0.15) is 0 Å². The highest BCUT2D eigenvalue weighted by Gasteiger charge is 2.53. The normalized spacial score (nSPS) is 24.0. The maximum absolute atomic E-state index is 12.8. The summed E-state index contributed by atoms with van der Waals surface area (Å²) in [7, 11) is 1.77. The first-order chi connectivity index (χ1) is 12.3. The van der Waals surface area contributed by atoms with Gasteiger partial charge in [-0.25, -0.2) is 0 Å². The number of amides is 1. The molecule has 4 heteroatoms. The van der Waals surface area contributed by atoms with E-state index in [1.165, 1.54) is 11.1 Å². The van der Waals surface area contributed by atoms with Crippen molar-refractivity contribution in [2.24, 2.45) is 0 Å². The Labute approximate surface area is 148 Å². The van der Waals surface area contributed by atoms with Gasteiger partial charge in [0.2, 0.25) is 0 Å². The van der Waals surface area contributed by atoms with E-state index in [-0.39, 0.29) is 23.5 Å². The topological polar surface area (TPSA) is 50.4 Å². The largest absolute Gasteiger partial charge is 0.378 e. The minimum Gasteiger partial charge on any atom is -0.378 e. The molecule has 2 aliphatic rings. The van der Waals surface area contributed by atoms with Crippen LogP contribution in [0.2, 0.25) is 0 Å². The zero-order valence-electron chi connectivity index (χ0n) is 14.5. The second kappa shape index (κ2) is 6.62. The summed E-state index contributed by atoms with van der Waals surface area (Å²) in [5.41, 5.74) is 3.19. The Morgan fingerprint density at radius 1 is 1.08 bits per heavy atom. The van der Waals surface area contributed by atoms with Gasteiger partial charge in [0.15, 0.2) is 0 Å². The fourth-order valence-corrected chi connectivity index (χ4v) is 4.61. The number of carbonyl (C=O) groups excluding carboxylic acids is 1. The van der Waals surface area contributed by atoms with Crippen molar-refractivity contribution in [2.45, 2.75) is 30.4 Å². The van der Waals surface area contributed by atoms with Crippen LogP contribution in [-0.4, -0.2) is 32.2 Å². The van der Waals surface area contributed by atoms with E-state index in [2.05, 4.69) is 28.8 Å². The second-order valence-electron chi connectivity index (χ2n) is 6.97. The quantitative estimate of drug-likeness (QED) is 0.906. The average molecular weight is 336 g/mol. The van der Waals surface area contributed by atoms with Gasteiger partial charge in [0, 0.05) is 18.1 Å². The van der Waals surface area contributed by atoms with E-state index in [1.807, 2.05) is 36.4 Å². The second-order valence-corrected chi connectivity index (χ2v) is 6.97. The third-order valence-corrected chi connectivity index (χ3v) is 5.75. The lowest BCUT2D eigenvalue weighted by Crippen LogP contribution is -2.49. The predicted octanol–water partition coefficient (Wildman–Crippen LogP) is 2.81. The van der Waals surface area contributed by atoms with E-state index in [0.29, 0.717) is 5.56 Å². The Kier molecular flexibility index (Phi) is 4.32. The van der Waals surface area contributed by atoms with Crippen LogP contribution in [0, 0.1) is 0 Å². The molecule has 25 heavy (non-hydrogen) atoms. The Morgan fingerprint density at radius 2 is 1.76 bits per heavy atom. The van der Waals surface area contributed by atoms with Crippen LogP contribution in [0.1, 0.15) is 40.4 Å². The third-order valence-electron chi connectivity index (χ3n) is 5.75. The molecule has 4 nitrogen and oxygen atoms in total. The van der Waals surface area contributed by atoms with Crippen LogP contribution in [0.3, 0.4) is 0 Å². The van der Waals surface area contributed by atoms with E-state index in [9.17, 15) is 4.79 Å². The molecule has 1 saturated heterocycles. The Balaban J connectivity index is 1.71. The molecule has 4 rings (SSSR count). The molecule has 0 radical (unpaired) electrons. The Hall–Kier alpha value is -2.17. The number of benzene rings is 2. The lowest BCUT2D eigenvalue weighted by atomic mass is 9.72. The SMILES string of the molecule is CO[C@H]1[C@H](NC(=O)c2ccccc2)c2ccccc2C12CCNCC2. The van der Waals surface area contributed by atoms with Crippen molar-refractivity contribution in [1.82, 2.24) is 10.6 Å². The van der Waals surface area contributed by atoms with E-state index in [0.717, 1.165) is 25.9 Å². The van der Waals surface area contributed by atoms with Crippen molar-refractivity contribution < 1.29 is 9.53 Å². The van der Waals surface area contributed by atoms with Gasteiger partial charge in [-0.05, 0) is 49.2 Å². The Morgan fingerprint density at radius 3 is 2.48 bits per heavy atom. The minimum atomic E-state index is -0.119. The smallest absolute Gasteiger partial charge is 0.251 e. The van der Waals surface area contributed by atoms with Crippen molar-refractivity contribution in [2.75, 3.05) is 20.2 Å². The monoisotopic (exact) mass is 336 g/mol. The van der Waals surface area contributed by atoms with E-state index >= 15 is 0 Å². The van der Waals surface area contributed by atoms with Gasteiger partial charge in [-0.15, -0.1) is 0 Å². The fraction of sp³-hybridized carbons (Fsp3) is 0.381. The minimum absolute atomic E-state index is 0.0226. The van der Waals surface area contributed by atoms with Crippen molar-refractivity contribution in [3.63, 3.8) is 0 Å².